The summed E-state index contributed by atoms with van der Waals surface area (Å²) in [6.45, 7) is 14.3. The third kappa shape index (κ3) is 31.4. The monoisotopic (exact) mass is 464 g/mol. The molecule has 0 bridgehead atoms. The van der Waals surface area contributed by atoms with Crippen LogP contribution in [0.2, 0.25) is 0 Å². The Hall–Kier alpha value is -0.560. The smallest absolute Gasteiger partial charge is 0.00891 e. The zero-order valence-corrected chi connectivity index (χ0v) is 24.1. The van der Waals surface area contributed by atoms with Crippen LogP contribution in [0.4, 0.5) is 0 Å². The molecule has 0 N–H and O–H groups in total. The van der Waals surface area contributed by atoms with Crippen molar-refractivity contribution in [3.63, 3.8) is 0 Å². The fourth-order valence-electron chi connectivity index (χ4n) is 4.40. The third-order valence-corrected chi connectivity index (χ3v) is 6.77. The Labute approximate surface area is 211 Å². The van der Waals surface area contributed by atoms with E-state index in [0.717, 1.165) is 6.04 Å². The van der Waals surface area contributed by atoms with Crippen molar-refractivity contribution in [2.75, 3.05) is 14.1 Å². The minimum atomic E-state index is 0.809. The largest absolute Gasteiger partial charge is 0.306 e. The maximum Gasteiger partial charge on any atom is 0.00891 e. The second-order valence-electron chi connectivity index (χ2n) is 10.6. The van der Waals surface area contributed by atoms with Crippen LogP contribution in [-0.2, 0) is 0 Å². The first-order valence-electron chi connectivity index (χ1n) is 14.9. The number of allylic oxidation sites excluding steroid dienone is 2. The van der Waals surface area contributed by atoms with Crippen LogP contribution in [0.25, 0.3) is 0 Å². The maximum absolute atomic E-state index is 3.98. The van der Waals surface area contributed by atoms with Crippen molar-refractivity contribution in [1.29, 1.82) is 0 Å². The first-order valence-corrected chi connectivity index (χ1v) is 14.9. The van der Waals surface area contributed by atoms with Crippen molar-refractivity contribution in [3.8, 4) is 0 Å². The zero-order valence-electron chi connectivity index (χ0n) is 24.1. The lowest BCUT2D eigenvalue weighted by molar-refractivity contribution is 0.251. The highest BCUT2D eigenvalue weighted by molar-refractivity contribution is 4.86. The Morgan fingerprint density at radius 1 is 0.636 bits per heavy atom. The Morgan fingerprint density at radius 2 is 1.03 bits per heavy atom. The highest BCUT2D eigenvalue weighted by Crippen LogP contribution is 2.17. The van der Waals surface area contributed by atoms with Gasteiger partial charge >= 0.3 is 0 Å². The number of hydrogen-bond donors (Lipinski definition) is 0. The Balaban J connectivity index is 0. The molecular formula is C32H65N. The van der Waals surface area contributed by atoms with E-state index in [9.17, 15) is 0 Å². The van der Waals surface area contributed by atoms with Crippen molar-refractivity contribution in [1.82, 2.24) is 4.90 Å². The molecule has 0 rings (SSSR count). The standard InChI is InChI=1S/C23H47N.C9H18/c1-6-7-8-9-10-14-17-20-23(24(4)5)21-18-15-12-11-13-16-19-22(2)3;1-3-5-7-9-8-6-4-2/h23H,2,6-21H2,1,3-5H3;3H,1,4-9H2,2H3. The average Bonchev–Trinajstić information content (AvgIpc) is 2.78. The van der Waals surface area contributed by atoms with Crippen molar-refractivity contribution >= 4 is 0 Å². The van der Waals surface area contributed by atoms with Gasteiger partial charge in [-0.15, -0.1) is 13.2 Å². The first-order chi connectivity index (χ1) is 16.0. The number of nitrogens with zero attached hydrogens (tertiary/aromatic N) is 1. The van der Waals surface area contributed by atoms with Gasteiger partial charge in [0.05, 0.1) is 0 Å². The molecular weight excluding hydrogens is 398 g/mol. The van der Waals surface area contributed by atoms with Crippen LogP contribution in [0.15, 0.2) is 24.8 Å². The minimum Gasteiger partial charge on any atom is -0.306 e. The Morgan fingerprint density at radius 3 is 1.42 bits per heavy atom. The van der Waals surface area contributed by atoms with Crippen molar-refractivity contribution < 1.29 is 0 Å². The third-order valence-electron chi connectivity index (χ3n) is 6.77. The highest BCUT2D eigenvalue weighted by atomic mass is 15.1. The first kappa shape index (κ1) is 34.6. The van der Waals surface area contributed by atoms with E-state index in [1.807, 2.05) is 6.08 Å². The molecule has 1 unspecified atom stereocenters. The Kier molecular flexibility index (Phi) is 30.9. The van der Waals surface area contributed by atoms with Crippen LogP contribution < -0.4 is 0 Å². The SMILES string of the molecule is C=C(C)CCCCCCCCC(CCCCCCCCC)N(C)C.C=CCCCCCCC. The molecule has 0 aliphatic carbocycles. The average molecular weight is 464 g/mol. The van der Waals surface area contributed by atoms with Gasteiger partial charge in [-0.3, -0.25) is 0 Å². The fraction of sp³-hybridized carbons (Fsp3) is 0.875. The van der Waals surface area contributed by atoms with Gasteiger partial charge in [-0.25, -0.2) is 0 Å². The number of rotatable bonds is 24. The predicted octanol–water partition coefficient (Wildman–Crippen LogP) is 11.3. The molecule has 0 aliphatic heterocycles. The van der Waals surface area contributed by atoms with Crippen LogP contribution >= 0.6 is 0 Å². The van der Waals surface area contributed by atoms with Gasteiger partial charge in [0.2, 0.25) is 0 Å². The summed E-state index contributed by atoms with van der Waals surface area (Å²) in [4.78, 5) is 2.46. The maximum atomic E-state index is 3.98. The van der Waals surface area contributed by atoms with Gasteiger partial charge in [0.25, 0.3) is 0 Å². The molecule has 1 nitrogen and oxygen atoms in total. The van der Waals surface area contributed by atoms with E-state index in [1.54, 1.807) is 0 Å². The lowest BCUT2D eigenvalue weighted by atomic mass is 9.99. The van der Waals surface area contributed by atoms with E-state index in [1.165, 1.54) is 147 Å². The molecule has 0 aromatic heterocycles. The molecule has 33 heavy (non-hydrogen) atoms. The molecule has 0 aromatic rings. The lowest BCUT2D eigenvalue weighted by Gasteiger charge is -2.24. The van der Waals surface area contributed by atoms with Crippen molar-refractivity contribution in [2.45, 2.75) is 168 Å². The van der Waals surface area contributed by atoms with E-state index in [-0.39, 0.29) is 0 Å². The molecule has 0 spiro atoms. The van der Waals surface area contributed by atoms with Crippen LogP contribution in [-0.4, -0.2) is 25.0 Å². The molecule has 1 atom stereocenters. The van der Waals surface area contributed by atoms with Gasteiger partial charge in [-0.05, 0) is 59.5 Å². The summed E-state index contributed by atoms with van der Waals surface area (Å²) in [5, 5.41) is 0. The van der Waals surface area contributed by atoms with Crippen LogP contribution in [0.3, 0.4) is 0 Å². The molecule has 0 aliphatic rings. The lowest BCUT2D eigenvalue weighted by Crippen LogP contribution is -2.27. The summed E-state index contributed by atoms with van der Waals surface area (Å²) in [5.41, 5.74) is 1.34. The van der Waals surface area contributed by atoms with Gasteiger partial charge < -0.3 is 4.90 Å². The minimum absolute atomic E-state index is 0.809. The fourth-order valence-corrected chi connectivity index (χ4v) is 4.40. The normalized spacial score (nSPS) is 11.8. The molecule has 0 saturated heterocycles. The molecule has 0 fully saturated rings. The molecule has 1 heteroatoms. The van der Waals surface area contributed by atoms with Gasteiger partial charge in [0.1, 0.15) is 0 Å². The van der Waals surface area contributed by atoms with Crippen molar-refractivity contribution in [2.24, 2.45) is 0 Å². The molecule has 0 aromatic carbocycles. The summed E-state index contributed by atoms with van der Waals surface area (Å²) < 4.78 is 0. The van der Waals surface area contributed by atoms with Gasteiger partial charge in [0, 0.05) is 6.04 Å². The summed E-state index contributed by atoms with van der Waals surface area (Å²) in [5.74, 6) is 0. The molecule has 0 radical (unpaired) electrons. The summed E-state index contributed by atoms with van der Waals surface area (Å²) in [6, 6.07) is 0.809. The summed E-state index contributed by atoms with van der Waals surface area (Å²) in [7, 11) is 4.53. The second-order valence-corrected chi connectivity index (χ2v) is 10.6. The quantitative estimate of drug-likeness (QED) is 0.102. The summed E-state index contributed by atoms with van der Waals surface area (Å²) in [6.07, 6.45) is 32.5. The van der Waals surface area contributed by atoms with Gasteiger partial charge in [0.15, 0.2) is 0 Å². The second kappa shape index (κ2) is 29.5. The summed E-state index contributed by atoms with van der Waals surface area (Å²) >= 11 is 0. The van der Waals surface area contributed by atoms with E-state index in [0.29, 0.717) is 0 Å². The van der Waals surface area contributed by atoms with E-state index in [4.69, 9.17) is 0 Å². The van der Waals surface area contributed by atoms with Gasteiger partial charge in [-0.2, -0.15) is 0 Å². The van der Waals surface area contributed by atoms with E-state index < -0.39 is 0 Å². The van der Waals surface area contributed by atoms with E-state index in [2.05, 4.69) is 52.9 Å². The van der Waals surface area contributed by atoms with Gasteiger partial charge in [-0.1, -0.05) is 128 Å². The predicted molar refractivity (Wildman–Crippen MR) is 155 cm³/mol. The topological polar surface area (TPSA) is 3.24 Å². The van der Waals surface area contributed by atoms with E-state index >= 15 is 0 Å². The number of unbranched alkanes of at least 4 members (excludes halogenated alkanes) is 16. The molecule has 0 amide bonds. The van der Waals surface area contributed by atoms with Crippen LogP contribution in [0, 0.1) is 0 Å². The highest BCUT2D eigenvalue weighted by Gasteiger charge is 2.10. The molecule has 198 valence electrons. The number of hydrogen-bond acceptors (Lipinski definition) is 1. The molecule has 0 saturated carbocycles. The Bertz CT molecular complexity index is 384. The van der Waals surface area contributed by atoms with Crippen LogP contribution in [0.1, 0.15) is 162 Å². The van der Waals surface area contributed by atoms with Crippen molar-refractivity contribution in [3.05, 3.63) is 24.8 Å². The zero-order chi connectivity index (χ0) is 25.0. The van der Waals surface area contributed by atoms with Crippen LogP contribution in [0.5, 0.6) is 0 Å². The molecule has 0 heterocycles.